The van der Waals surface area contributed by atoms with E-state index < -0.39 is 11.1 Å². The highest BCUT2D eigenvalue weighted by Crippen LogP contribution is 2.31. The number of hydrogen-bond donors (Lipinski definition) is 1. The van der Waals surface area contributed by atoms with Crippen molar-refractivity contribution in [1.82, 2.24) is 15.1 Å². The number of rotatable bonds is 9. The molecule has 7 heteroatoms. The number of nitrogens with zero attached hydrogens (tertiary/aromatic N) is 2. The van der Waals surface area contributed by atoms with Crippen LogP contribution in [0, 0.1) is 0 Å². The van der Waals surface area contributed by atoms with Crippen molar-refractivity contribution in [3.05, 3.63) is 40.8 Å². The van der Waals surface area contributed by atoms with Gasteiger partial charge in [0.15, 0.2) is 0 Å². The molecule has 0 spiro atoms. The van der Waals surface area contributed by atoms with Crippen molar-refractivity contribution in [3.63, 3.8) is 0 Å². The molecule has 1 aliphatic rings. The first-order valence-corrected chi connectivity index (χ1v) is 9.66. The van der Waals surface area contributed by atoms with E-state index in [4.69, 9.17) is 0 Å². The van der Waals surface area contributed by atoms with Gasteiger partial charge in [-0.25, -0.2) is 0 Å². The van der Waals surface area contributed by atoms with E-state index >= 15 is 0 Å². The summed E-state index contributed by atoms with van der Waals surface area (Å²) in [6.45, 7) is 7.38. The normalized spacial score (nSPS) is 16.0. The zero-order valence-electron chi connectivity index (χ0n) is 15.2. The molecule has 0 saturated carbocycles. The number of hydrogen-bond acceptors (Lipinski definition) is 5. The van der Waals surface area contributed by atoms with Gasteiger partial charge in [0.1, 0.15) is 6.54 Å². The van der Waals surface area contributed by atoms with Crippen molar-refractivity contribution in [2.45, 2.75) is 20.3 Å². The molecule has 0 bridgehead atoms. The monoisotopic (exact) mass is 375 g/mol. The minimum Gasteiger partial charge on any atom is -0.354 e. The van der Waals surface area contributed by atoms with Gasteiger partial charge in [-0.1, -0.05) is 44.2 Å². The first kappa shape index (κ1) is 20.2. The maximum absolute atomic E-state index is 12.4. The zero-order chi connectivity index (χ0) is 18.9. The van der Waals surface area contributed by atoms with E-state index in [9.17, 15) is 14.4 Å². The second kappa shape index (κ2) is 10.1. The molecule has 0 unspecified atom stereocenters. The van der Waals surface area contributed by atoms with E-state index in [1.807, 2.05) is 30.3 Å². The van der Waals surface area contributed by atoms with Gasteiger partial charge in [-0.2, -0.15) is 0 Å². The SMILES string of the molecule is CCN(CC)CCCNC(=O)CN1C(=O)S/C(=C/c2ccccc2)C1=O. The summed E-state index contributed by atoms with van der Waals surface area (Å²) in [5, 5.41) is 2.37. The summed E-state index contributed by atoms with van der Waals surface area (Å²) < 4.78 is 0. The van der Waals surface area contributed by atoms with Gasteiger partial charge in [0.05, 0.1) is 4.91 Å². The van der Waals surface area contributed by atoms with Crippen LogP contribution < -0.4 is 5.32 Å². The molecule has 26 heavy (non-hydrogen) atoms. The lowest BCUT2D eigenvalue weighted by molar-refractivity contribution is -0.129. The summed E-state index contributed by atoms with van der Waals surface area (Å²) in [7, 11) is 0. The molecule has 2 rings (SSSR count). The third-order valence-corrected chi connectivity index (χ3v) is 5.05. The molecule has 1 heterocycles. The number of amides is 3. The van der Waals surface area contributed by atoms with Crippen molar-refractivity contribution in [2.24, 2.45) is 0 Å². The lowest BCUT2D eigenvalue weighted by Gasteiger charge is -2.18. The fraction of sp³-hybridized carbons (Fsp3) is 0.421. The second-order valence-corrected chi connectivity index (χ2v) is 6.90. The number of nitrogens with one attached hydrogen (secondary N) is 1. The Labute approximate surface area is 158 Å². The average molecular weight is 375 g/mol. The molecule has 1 saturated heterocycles. The fourth-order valence-corrected chi connectivity index (χ4v) is 3.45. The van der Waals surface area contributed by atoms with E-state index in [0.717, 1.165) is 48.3 Å². The van der Waals surface area contributed by atoms with E-state index in [1.54, 1.807) is 6.08 Å². The average Bonchev–Trinajstić information content (AvgIpc) is 2.90. The fourth-order valence-electron chi connectivity index (χ4n) is 2.61. The molecule has 1 aromatic rings. The van der Waals surface area contributed by atoms with Gasteiger partial charge in [0.25, 0.3) is 11.1 Å². The van der Waals surface area contributed by atoms with Crippen molar-refractivity contribution in [3.8, 4) is 0 Å². The number of thioether (sulfide) groups is 1. The smallest absolute Gasteiger partial charge is 0.294 e. The van der Waals surface area contributed by atoms with Crippen molar-refractivity contribution in [2.75, 3.05) is 32.7 Å². The minimum atomic E-state index is -0.415. The number of benzene rings is 1. The summed E-state index contributed by atoms with van der Waals surface area (Å²) in [6.07, 6.45) is 2.51. The van der Waals surface area contributed by atoms with Crippen LogP contribution in [0.2, 0.25) is 0 Å². The van der Waals surface area contributed by atoms with Crippen molar-refractivity contribution in [1.29, 1.82) is 0 Å². The molecule has 0 aliphatic carbocycles. The number of carbonyl (C=O) groups excluding carboxylic acids is 3. The Bertz CT molecular complexity index is 672. The van der Waals surface area contributed by atoms with Gasteiger partial charge in [-0.15, -0.1) is 0 Å². The summed E-state index contributed by atoms with van der Waals surface area (Å²) >= 11 is 0.869. The van der Waals surface area contributed by atoms with Crippen LogP contribution in [0.3, 0.4) is 0 Å². The molecular weight excluding hydrogens is 350 g/mol. The molecule has 0 radical (unpaired) electrons. The van der Waals surface area contributed by atoms with E-state index in [0.29, 0.717) is 11.4 Å². The maximum Gasteiger partial charge on any atom is 0.294 e. The summed E-state index contributed by atoms with van der Waals surface area (Å²) in [6, 6.07) is 9.32. The highest BCUT2D eigenvalue weighted by Gasteiger charge is 2.36. The topological polar surface area (TPSA) is 69.7 Å². The Balaban J connectivity index is 1.83. The van der Waals surface area contributed by atoms with Gasteiger partial charge < -0.3 is 10.2 Å². The van der Waals surface area contributed by atoms with Gasteiger partial charge in [-0.05, 0) is 49.5 Å². The third kappa shape index (κ3) is 5.71. The van der Waals surface area contributed by atoms with Crippen LogP contribution in [0.4, 0.5) is 4.79 Å². The lowest BCUT2D eigenvalue weighted by atomic mass is 10.2. The highest BCUT2D eigenvalue weighted by atomic mass is 32.2. The predicted octanol–water partition coefficient (Wildman–Crippen LogP) is 2.57. The summed E-state index contributed by atoms with van der Waals surface area (Å²) in [4.78, 5) is 40.1. The van der Waals surface area contributed by atoms with Gasteiger partial charge >= 0.3 is 0 Å². The van der Waals surface area contributed by atoms with Crippen LogP contribution >= 0.6 is 11.8 Å². The molecular formula is C19H25N3O3S. The quantitative estimate of drug-likeness (QED) is 0.531. The van der Waals surface area contributed by atoms with Crippen LogP contribution in [0.15, 0.2) is 35.2 Å². The first-order valence-electron chi connectivity index (χ1n) is 8.84. The Hall–Kier alpha value is -2.12. The highest BCUT2D eigenvalue weighted by molar-refractivity contribution is 8.18. The summed E-state index contributed by atoms with van der Waals surface area (Å²) in [5.41, 5.74) is 0.846. The number of carbonyl (C=O) groups is 3. The second-order valence-electron chi connectivity index (χ2n) is 5.91. The van der Waals surface area contributed by atoms with E-state index in [1.165, 1.54) is 0 Å². The molecule has 3 amide bonds. The van der Waals surface area contributed by atoms with Crippen molar-refractivity contribution >= 4 is 34.9 Å². The van der Waals surface area contributed by atoms with Crippen LogP contribution in [0.5, 0.6) is 0 Å². The van der Waals surface area contributed by atoms with Crippen LogP contribution in [0.1, 0.15) is 25.8 Å². The third-order valence-electron chi connectivity index (χ3n) is 4.14. The molecule has 1 aromatic carbocycles. The molecule has 1 fully saturated rings. The van der Waals surface area contributed by atoms with Crippen LogP contribution in [-0.4, -0.2) is 59.6 Å². The molecule has 0 atom stereocenters. The largest absolute Gasteiger partial charge is 0.354 e. The maximum atomic E-state index is 12.4. The Morgan fingerprint density at radius 2 is 1.88 bits per heavy atom. The standard InChI is InChI=1S/C19H25N3O3S/c1-3-21(4-2)12-8-11-20-17(23)14-22-18(24)16(26-19(22)25)13-15-9-6-5-7-10-15/h5-7,9-10,13H,3-4,8,11-12,14H2,1-2H3,(H,20,23)/b16-13+. The predicted molar refractivity (Wildman–Crippen MR) is 105 cm³/mol. The van der Waals surface area contributed by atoms with Gasteiger partial charge in [0.2, 0.25) is 5.91 Å². The first-order chi connectivity index (χ1) is 12.5. The molecule has 1 aliphatic heterocycles. The zero-order valence-corrected chi connectivity index (χ0v) is 16.1. The molecule has 1 N–H and O–H groups in total. The van der Waals surface area contributed by atoms with Crippen LogP contribution in [-0.2, 0) is 9.59 Å². The molecule has 6 nitrogen and oxygen atoms in total. The molecule has 0 aromatic heterocycles. The van der Waals surface area contributed by atoms with Gasteiger partial charge in [0, 0.05) is 6.54 Å². The van der Waals surface area contributed by atoms with Gasteiger partial charge in [-0.3, -0.25) is 19.3 Å². The van der Waals surface area contributed by atoms with E-state index in [-0.39, 0.29) is 12.5 Å². The Kier molecular flexibility index (Phi) is 7.87. The Morgan fingerprint density at radius 3 is 2.54 bits per heavy atom. The number of imide groups is 1. The van der Waals surface area contributed by atoms with Crippen LogP contribution in [0.25, 0.3) is 6.08 Å². The van der Waals surface area contributed by atoms with E-state index in [2.05, 4.69) is 24.1 Å². The minimum absolute atomic E-state index is 0.234. The van der Waals surface area contributed by atoms with Crippen molar-refractivity contribution < 1.29 is 14.4 Å². The Morgan fingerprint density at radius 1 is 1.19 bits per heavy atom. The lowest BCUT2D eigenvalue weighted by Crippen LogP contribution is -2.40. The molecule has 140 valence electrons. The summed E-state index contributed by atoms with van der Waals surface area (Å²) in [5.74, 6) is -0.727.